The van der Waals surface area contributed by atoms with Gasteiger partial charge in [-0.2, -0.15) is 0 Å². The molecule has 1 aliphatic heterocycles. The highest BCUT2D eigenvalue weighted by Crippen LogP contribution is 2.27. The zero-order valence-corrected chi connectivity index (χ0v) is 8.70. The normalized spacial score (nSPS) is 21.4. The first-order valence-corrected chi connectivity index (χ1v) is 5.33. The summed E-state index contributed by atoms with van der Waals surface area (Å²) < 4.78 is 24.5. The first kappa shape index (κ1) is 9.81. The van der Waals surface area contributed by atoms with Crippen LogP contribution < -0.4 is 5.32 Å². The minimum atomic E-state index is -0.267. The molecule has 3 rings (SSSR count). The summed E-state index contributed by atoms with van der Waals surface area (Å²) >= 11 is 0. The smallest absolute Gasteiger partial charge is 0.136 e. The van der Waals surface area contributed by atoms with Crippen LogP contribution in [0.2, 0.25) is 0 Å². The number of nitrogens with one attached hydrogen (secondary N) is 1. The van der Waals surface area contributed by atoms with Crippen LogP contribution in [0.3, 0.4) is 0 Å². The molecule has 1 N–H and O–H groups in total. The summed E-state index contributed by atoms with van der Waals surface area (Å²) in [4.78, 5) is 0. The number of hydrogen-bond acceptors (Lipinski definition) is 3. The molecule has 1 saturated heterocycles. The fourth-order valence-electron chi connectivity index (χ4n) is 2.01. The van der Waals surface area contributed by atoms with Crippen molar-refractivity contribution < 1.29 is 13.5 Å². The van der Waals surface area contributed by atoms with Gasteiger partial charge in [0.1, 0.15) is 11.4 Å². The number of morpholine rings is 1. The van der Waals surface area contributed by atoms with E-state index in [1.54, 1.807) is 12.3 Å². The maximum absolute atomic E-state index is 13.8. The molecule has 1 atom stereocenters. The molecule has 1 aliphatic rings. The maximum atomic E-state index is 13.8. The highest BCUT2D eigenvalue weighted by Gasteiger charge is 2.20. The van der Waals surface area contributed by atoms with Crippen molar-refractivity contribution in [2.24, 2.45) is 0 Å². The van der Waals surface area contributed by atoms with Crippen LogP contribution in [0, 0.1) is 5.82 Å². The zero-order chi connectivity index (χ0) is 11.0. The number of fused-ring (bicyclic) bond motifs is 1. The highest BCUT2D eigenvalue weighted by atomic mass is 19.1. The number of benzene rings is 1. The van der Waals surface area contributed by atoms with E-state index >= 15 is 0 Å². The number of hydrogen-bond donors (Lipinski definition) is 1. The Bertz CT molecular complexity index is 503. The predicted octanol–water partition coefficient (Wildman–Crippen LogP) is 2.23. The lowest BCUT2D eigenvalue weighted by molar-refractivity contribution is 0.0256. The van der Waals surface area contributed by atoms with Gasteiger partial charge in [-0.15, -0.1) is 0 Å². The third-order valence-electron chi connectivity index (χ3n) is 2.85. The van der Waals surface area contributed by atoms with Gasteiger partial charge in [0, 0.05) is 30.1 Å². The summed E-state index contributed by atoms with van der Waals surface area (Å²) in [7, 11) is 0. The van der Waals surface area contributed by atoms with Crippen molar-refractivity contribution in [3.05, 3.63) is 35.8 Å². The van der Waals surface area contributed by atoms with Gasteiger partial charge in [-0.1, -0.05) is 0 Å². The Labute approximate surface area is 92.2 Å². The fraction of sp³-hybridized carbons (Fsp3) is 0.333. The summed E-state index contributed by atoms with van der Waals surface area (Å²) in [5.74, 6) is -0.267. The lowest BCUT2D eigenvalue weighted by Crippen LogP contribution is -2.33. The van der Waals surface area contributed by atoms with Crippen LogP contribution in [-0.2, 0) is 4.74 Å². The molecular weight excluding hydrogens is 209 g/mol. The molecule has 0 saturated carbocycles. The van der Waals surface area contributed by atoms with Crippen molar-refractivity contribution in [1.29, 1.82) is 0 Å². The van der Waals surface area contributed by atoms with E-state index in [4.69, 9.17) is 9.15 Å². The monoisotopic (exact) mass is 221 g/mol. The zero-order valence-electron chi connectivity index (χ0n) is 8.70. The minimum Gasteiger partial charge on any atom is -0.464 e. The Balaban J connectivity index is 2.03. The molecule has 1 unspecified atom stereocenters. The Kier molecular flexibility index (Phi) is 2.38. The maximum Gasteiger partial charge on any atom is 0.136 e. The average molecular weight is 221 g/mol. The first-order valence-electron chi connectivity index (χ1n) is 5.33. The van der Waals surface area contributed by atoms with E-state index in [0.29, 0.717) is 24.3 Å². The molecule has 0 spiro atoms. The Morgan fingerprint density at radius 1 is 1.38 bits per heavy atom. The third kappa shape index (κ3) is 1.60. The van der Waals surface area contributed by atoms with Crippen molar-refractivity contribution in [3.8, 4) is 0 Å². The van der Waals surface area contributed by atoms with Crippen molar-refractivity contribution in [1.82, 2.24) is 5.32 Å². The second kappa shape index (κ2) is 3.88. The summed E-state index contributed by atoms with van der Waals surface area (Å²) in [5, 5.41) is 4.10. The van der Waals surface area contributed by atoms with Crippen LogP contribution in [-0.4, -0.2) is 19.7 Å². The fourth-order valence-corrected chi connectivity index (χ4v) is 2.01. The van der Waals surface area contributed by atoms with Gasteiger partial charge < -0.3 is 14.5 Å². The average Bonchev–Trinajstić information content (AvgIpc) is 2.76. The molecule has 0 amide bonds. The molecule has 0 bridgehead atoms. The molecule has 84 valence electrons. The summed E-state index contributed by atoms with van der Waals surface area (Å²) in [6.07, 6.45) is 1.36. The van der Waals surface area contributed by atoms with Crippen LogP contribution >= 0.6 is 0 Å². The molecule has 2 aromatic rings. The quantitative estimate of drug-likeness (QED) is 0.801. The van der Waals surface area contributed by atoms with Gasteiger partial charge in [0.05, 0.1) is 19.0 Å². The van der Waals surface area contributed by atoms with Crippen LogP contribution in [0.5, 0.6) is 0 Å². The van der Waals surface area contributed by atoms with Crippen LogP contribution in [0.4, 0.5) is 4.39 Å². The van der Waals surface area contributed by atoms with Gasteiger partial charge in [0.15, 0.2) is 0 Å². The molecule has 16 heavy (non-hydrogen) atoms. The Morgan fingerprint density at radius 3 is 3.12 bits per heavy atom. The van der Waals surface area contributed by atoms with Crippen molar-refractivity contribution >= 4 is 11.0 Å². The summed E-state index contributed by atoms with van der Waals surface area (Å²) in [6, 6.07) is 5.04. The van der Waals surface area contributed by atoms with Crippen molar-refractivity contribution in [3.63, 3.8) is 0 Å². The Morgan fingerprint density at radius 2 is 2.31 bits per heavy atom. The topological polar surface area (TPSA) is 34.4 Å². The molecule has 4 heteroatoms. The second-order valence-electron chi connectivity index (χ2n) is 3.90. The molecule has 2 heterocycles. The lowest BCUT2D eigenvalue weighted by atomic mass is 10.1. The minimum absolute atomic E-state index is 0.201. The van der Waals surface area contributed by atoms with Gasteiger partial charge in [-0.25, -0.2) is 4.39 Å². The number of furan rings is 1. The van der Waals surface area contributed by atoms with Crippen LogP contribution in [0.15, 0.2) is 28.9 Å². The molecular formula is C12H12FNO2. The van der Waals surface area contributed by atoms with Gasteiger partial charge >= 0.3 is 0 Å². The van der Waals surface area contributed by atoms with Gasteiger partial charge in [-0.3, -0.25) is 0 Å². The van der Waals surface area contributed by atoms with E-state index in [1.807, 2.05) is 6.07 Å². The van der Waals surface area contributed by atoms with E-state index < -0.39 is 0 Å². The van der Waals surface area contributed by atoms with E-state index in [1.165, 1.54) is 6.07 Å². The van der Waals surface area contributed by atoms with Crippen molar-refractivity contribution in [2.45, 2.75) is 6.10 Å². The van der Waals surface area contributed by atoms with Crippen LogP contribution in [0.1, 0.15) is 11.7 Å². The molecule has 0 radical (unpaired) electrons. The summed E-state index contributed by atoms with van der Waals surface area (Å²) in [5.41, 5.74) is 1.17. The lowest BCUT2D eigenvalue weighted by Gasteiger charge is -2.24. The summed E-state index contributed by atoms with van der Waals surface area (Å²) in [6.45, 7) is 2.10. The van der Waals surface area contributed by atoms with E-state index in [-0.39, 0.29) is 11.9 Å². The molecule has 1 aromatic heterocycles. The highest BCUT2D eigenvalue weighted by molar-refractivity contribution is 5.78. The number of ether oxygens (including phenoxy) is 1. The van der Waals surface area contributed by atoms with E-state index in [2.05, 4.69) is 5.32 Å². The predicted molar refractivity (Wildman–Crippen MR) is 57.7 cm³/mol. The standard InChI is InChI=1S/C12H12FNO2/c13-10-6-11-8(1-3-15-11)5-9(10)12-7-14-2-4-16-12/h1,3,5-6,12,14H,2,4,7H2. The largest absolute Gasteiger partial charge is 0.464 e. The third-order valence-corrected chi connectivity index (χ3v) is 2.85. The van der Waals surface area contributed by atoms with E-state index in [9.17, 15) is 4.39 Å². The van der Waals surface area contributed by atoms with Crippen molar-refractivity contribution in [2.75, 3.05) is 19.7 Å². The molecule has 3 nitrogen and oxygen atoms in total. The second-order valence-corrected chi connectivity index (χ2v) is 3.90. The SMILES string of the molecule is Fc1cc2occc2cc1C1CNCCO1. The van der Waals surface area contributed by atoms with E-state index in [0.717, 1.165) is 11.9 Å². The first-order chi connectivity index (χ1) is 7.84. The Hall–Kier alpha value is -1.39. The van der Waals surface area contributed by atoms with Crippen LogP contribution in [0.25, 0.3) is 11.0 Å². The van der Waals surface area contributed by atoms with Gasteiger partial charge in [0.25, 0.3) is 0 Å². The molecule has 1 aromatic carbocycles. The number of rotatable bonds is 1. The number of halogens is 1. The van der Waals surface area contributed by atoms with Gasteiger partial charge in [-0.05, 0) is 12.1 Å². The van der Waals surface area contributed by atoms with Gasteiger partial charge in [0.2, 0.25) is 0 Å². The molecule has 0 aliphatic carbocycles. The molecule has 1 fully saturated rings.